The number of amides is 1. The second-order valence-electron chi connectivity index (χ2n) is 7.54. The van der Waals surface area contributed by atoms with Crippen molar-refractivity contribution in [2.45, 2.75) is 11.2 Å². The molecule has 0 fully saturated rings. The van der Waals surface area contributed by atoms with Crippen molar-refractivity contribution in [1.82, 2.24) is 25.0 Å². The Morgan fingerprint density at radius 1 is 1.09 bits per heavy atom. The summed E-state index contributed by atoms with van der Waals surface area (Å²) in [6, 6.07) is 19.5. The number of thioether (sulfide) groups is 1. The molecule has 1 atom stereocenters. The molecule has 0 radical (unpaired) electrons. The molecule has 0 bridgehead atoms. The molecular weight excluding hydrogens is 441 g/mol. The highest BCUT2D eigenvalue weighted by atomic mass is 32.2. The van der Waals surface area contributed by atoms with Gasteiger partial charge in [0.15, 0.2) is 11.0 Å². The highest BCUT2D eigenvalue weighted by Crippen LogP contribution is 2.29. The van der Waals surface area contributed by atoms with Crippen LogP contribution in [0.2, 0.25) is 0 Å². The first-order valence-corrected chi connectivity index (χ1v) is 11.4. The lowest BCUT2D eigenvalue weighted by atomic mass is 10.2. The summed E-state index contributed by atoms with van der Waals surface area (Å²) in [5.41, 5.74) is 1.13. The van der Waals surface area contributed by atoms with Gasteiger partial charge in [0.05, 0.1) is 23.6 Å². The second-order valence-corrected chi connectivity index (χ2v) is 8.49. The molecular formula is C24H24FN5O2S. The predicted octanol–water partition coefficient (Wildman–Crippen LogP) is 4.18. The molecule has 4 rings (SSSR count). The van der Waals surface area contributed by atoms with E-state index in [4.69, 9.17) is 4.42 Å². The van der Waals surface area contributed by atoms with Crippen molar-refractivity contribution in [1.29, 1.82) is 0 Å². The van der Waals surface area contributed by atoms with Gasteiger partial charge in [0.1, 0.15) is 11.6 Å². The first-order chi connectivity index (χ1) is 16.0. The molecule has 33 heavy (non-hydrogen) atoms. The van der Waals surface area contributed by atoms with Crippen LogP contribution in [-0.4, -0.2) is 52.0 Å². The molecule has 0 aliphatic heterocycles. The molecule has 2 aromatic carbocycles. The molecule has 7 nitrogen and oxygen atoms in total. The number of carbonyl (C=O) groups is 1. The molecule has 0 spiro atoms. The van der Waals surface area contributed by atoms with Gasteiger partial charge in [0, 0.05) is 12.2 Å². The minimum absolute atomic E-state index is 0.0745. The Labute approximate surface area is 195 Å². The highest BCUT2D eigenvalue weighted by molar-refractivity contribution is 7.99. The zero-order valence-electron chi connectivity index (χ0n) is 18.3. The first-order valence-electron chi connectivity index (χ1n) is 10.4. The maximum Gasteiger partial charge on any atom is 0.230 e. The number of likely N-dealkylation sites (N-methyl/N-ethyl adjacent to an activating group) is 1. The van der Waals surface area contributed by atoms with Gasteiger partial charge < -0.3 is 9.73 Å². The van der Waals surface area contributed by atoms with Crippen molar-refractivity contribution in [3.05, 3.63) is 84.6 Å². The van der Waals surface area contributed by atoms with Crippen molar-refractivity contribution in [2.75, 3.05) is 26.4 Å². The van der Waals surface area contributed by atoms with Crippen LogP contribution in [0.1, 0.15) is 11.8 Å². The third kappa shape index (κ3) is 5.32. The van der Waals surface area contributed by atoms with Crippen molar-refractivity contribution in [3.63, 3.8) is 0 Å². The van der Waals surface area contributed by atoms with E-state index in [1.165, 1.54) is 17.8 Å². The number of benzene rings is 2. The maximum atomic E-state index is 14.5. The van der Waals surface area contributed by atoms with Crippen LogP contribution in [0.3, 0.4) is 0 Å². The summed E-state index contributed by atoms with van der Waals surface area (Å²) in [7, 11) is 3.86. The van der Waals surface area contributed by atoms with Crippen LogP contribution in [0.4, 0.5) is 4.39 Å². The highest BCUT2D eigenvalue weighted by Gasteiger charge is 2.21. The van der Waals surface area contributed by atoms with Crippen molar-refractivity contribution in [3.8, 4) is 17.1 Å². The van der Waals surface area contributed by atoms with Gasteiger partial charge in [0.25, 0.3) is 0 Å². The molecule has 0 saturated carbocycles. The topological polar surface area (TPSA) is 76.2 Å². The number of rotatable bonds is 9. The van der Waals surface area contributed by atoms with Gasteiger partial charge >= 0.3 is 0 Å². The van der Waals surface area contributed by atoms with E-state index in [1.807, 2.05) is 61.5 Å². The largest absolute Gasteiger partial charge is 0.468 e. The molecule has 4 aromatic rings. The third-order valence-electron chi connectivity index (χ3n) is 5.08. The van der Waals surface area contributed by atoms with Crippen LogP contribution in [-0.2, 0) is 4.79 Å². The first kappa shape index (κ1) is 22.8. The summed E-state index contributed by atoms with van der Waals surface area (Å²) in [6.07, 6.45) is 1.62. The van der Waals surface area contributed by atoms with Crippen LogP contribution < -0.4 is 5.32 Å². The third-order valence-corrected chi connectivity index (χ3v) is 6.01. The Balaban J connectivity index is 1.50. The van der Waals surface area contributed by atoms with Crippen LogP contribution in [0, 0.1) is 5.82 Å². The van der Waals surface area contributed by atoms with Gasteiger partial charge in [-0.3, -0.25) is 14.3 Å². The molecule has 2 aromatic heterocycles. The molecule has 0 saturated heterocycles. The number of halogens is 1. The van der Waals surface area contributed by atoms with E-state index in [9.17, 15) is 9.18 Å². The number of para-hydroxylation sites is 1. The number of carbonyl (C=O) groups excluding carboxylic acids is 1. The van der Waals surface area contributed by atoms with Crippen molar-refractivity contribution >= 4 is 17.7 Å². The van der Waals surface area contributed by atoms with E-state index in [1.54, 1.807) is 29.0 Å². The smallest absolute Gasteiger partial charge is 0.230 e. The van der Waals surface area contributed by atoms with Crippen LogP contribution >= 0.6 is 11.8 Å². The Morgan fingerprint density at radius 3 is 2.55 bits per heavy atom. The Hall–Kier alpha value is -3.43. The summed E-state index contributed by atoms with van der Waals surface area (Å²) < 4.78 is 21.7. The lowest BCUT2D eigenvalue weighted by molar-refractivity contribution is -0.118. The maximum absolute atomic E-state index is 14.5. The fourth-order valence-corrected chi connectivity index (χ4v) is 4.18. The second kappa shape index (κ2) is 10.5. The fourth-order valence-electron chi connectivity index (χ4n) is 3.40. The number of nitrogens with one attached hydrogen (secondary N) is 1. The van der Waals surface area contributed by atoms with Gasteiger partial charge in [-0.05, 0) is 50.5 Å². The molecule has 9 heteroatoms. The molecule has 1 amide bonds. The summed E-state index contributed by atoms with van der Waals surface area (Å²) >= 11 is 1.25. The van der Waals surface area contributed by atoms with Gasteiger partial charge in [-0.1, -0.05) is 42.1 Å². The Morgan fingerprint density at radius 2 is 1.85 bits per heavy atom. The fraction of sp³-hybridized carbons (Fsp3) is 0.208. The lowest BCUT2D eigenvalue weighted by Gasteiger charge is -2.22. The quantitative estimate of drug-likeness (QED) is 0.374. The number of hydrogen-bond acceptors (Lipinski definition) is 6. The number of furan rings is 1. The van der Waals surface area contributed by atoms with Crippen molar-refractivity contribution < 1.29 is 13.6 Å². The summed E-state index contributed by atoms with van der Waals surface area (Å²) in [5, 5.41) is 11.9. The van der Waals surface area contributed by atoms with Gasteiger partial charge in [-0.2, -0.15) is 0 Å². The van der Waals surface area contributed by atoms with E-state index in [-0.39, 0.29) is 23.5 Å². The van der Waals surface area contributed by atoms with E-state index in [2.05, 4.69) is 15.5 Å². The lowest BCUT2D eigenvalue weighted by Crippen LogP contribution is -2.35. The zero-order chi connectivity index (χ0) is 23.2. The monoisotopic (exact) mass is 465 g/mol. The van der Waals surface area contributed by atoms with Gasteiger partial charge in [0.2, 0.25) is 5.91 Å². The van der Waals surface area contributed by atoms with Crippen molar-refractivity contribution in [2.24, 2.45) is 0 Å². The normalized spacial score (nSPS) is 12.1. The van der Waals surface area contributed by atoms with Gasteiger partial charge in [-0.15, -0.1) is 10.2 Å². The number of nitrogens with zero attached hydrogens (tertiary/aromatic N) is 4. The van der Waals surface area contributed by atoms with Gasteiger partial charge in [-0.25, -0.2) is 4.39 Å². The van der Waals surface area contributed by atoms with Crippen LogP contribution in [0.25, 0.3) is 17.1 Å². The molecule has 170 valence electrons. The zero-order valence-corrected chi connectivity index (χ0v) is 19.1. The molecule has 0 aliphatic rings. The minimum atomic E-state index is -0.385. The van der Waals surface area contributed by atoms with Crippen LogP contribution in [0.15, 0.2) is 82.6 Å². The van der Waals surface area contributed by atoms with Crippen LogP contribution in [0.5, 0.6) is 0 Å². The average Bonchev–Trinajstić information content (AvgIpc) is 3.49. The Bertz CT molecular complexity index is 1190. The molecule has 1 N–H and O–H groups in total. The number of hydrogen-bond donors (Lipinski definition) is 1. The average molecular weight is 466 g/mol. The Kier molecular flexibility index (Phi) is 7.21. The van der Waals surface area contributed by atoms with E-state index in [0.717, 1.165) is 11.4 Å². The predicted molar refractivity (Wildman–Crippen MR) is 126 cm³/mol. The SMILES string of the molecule is CN(C)C(CNC(=O)CSc1nnc(-c2ccccc2F)n1-c1ccccc1)c1ccco1. The number of aromatic nitrogens is 3. The minimum Gasteiger partial charge on any atom is -0.468 e. The standard InChI is InChI=1S/C24H24FN5O2S/c1-29(2)20(21-13-8-14-32-21)15-26-22(31)16-33-24-28-27-23(18-11-6-7-12-19(18)25)30(24)17-9-4-3-5-10-17/h3-14,20H,15-16H2,1-2H3,(H,26,31). The molecule has 0 aliphatic carbocycles. The molecule has 2 heterocycles. The van der Waals surface area contributed by atoms with E-state index in [0.29, 0.717) is 23.1 Å². The summed E-state index contributed by atoms with van der Waals surface area (Å²) in [5.74, 6) is 0.775. The van der Waals surface area contributed by atoms with E-state index >= 15 is 0 Å². The summed E-state index contributed by atoms with van der Waals surface area (Å²) in [4.78, 5) is 14.6. The van der Waals surface area contributed by atoms with E-state index < -0.39 is 0 Å². The molecule has 1 unspecified atom stereocenters. The summed E-state index contributed by atoms with van der Waals surface area (Å²) in [6.45, 7) is 0.408.